The van der Waals surface area contributed by atoms with Crippen molar-refractivity contribution in [2.75, 3.05) is 0 Å². The predicted molar refractivity (Wildman–Crippen MR) is 48.4 cm³/mol. The van der Waals surface area contributed by atoms with E-state index in [9.17, 15) is 4.39 Å². The van der Waals surface area contributed by atoms with E-state index in [0.29, 0.717) is 0 Å². The van der Waals surface area contributed by atoms with Gasteiger partial charge in [-0.05, 0) is 29.7 Å². The molecule has 0 nitrogen and oxygen atoms in total. The van der Waals surface area contributed by atoms with Gasteiger partial charge in [0.05, 0.1) is 0 Å². The second-order valence-electron chi connectivity index (χ2n) is 2.45. The van der Waals surface area contributed by atoms with Crippen molar-refractivity contribution < 1.29 is 4.39 Å². The first kappa shape index (κ1) is 8.72. The van der Waals surface area contributed by atoms with Crippen LogP contribution in [0.15, 0.2) is 18.2 Å². The first-order valence-electron chi connectivity index (χ1n) is 3.60. The number of alkyl halides is 1. The molecule has 1 aromatic carbocycles. The zero-order valence-electron chi connectivity index (χ0n) is 6.40. The SMILES string of the molecule is CCc1cc(F)cc(CBr)c1. The molecule has 0 aliphatic rings. The quantitative estimate of drug-likeness (QED) is 0.667. The number of aryl methyl sites for hydroxylation is 1. The molecule has 0 saturated carbocycles. The van der Waals surface area contributed by atoms with Crippen molar-refractivity contribution in [3.05, 3.63) is 35.1 Å². The summed E-state index contributed by atoms with van der Waals surface area (Å²) in [4.78, 5) is 0. The van der Waals surface area contributed by atoms with Gasteiger partial charge in [-0.15, -0.1) is 0 Å². The van der Waals surface area contributed by atoms with Crippen LogP contribution in [0.3, 0.4) is 0 Å². The fraction of sp³-hybridized carbons (Fsp3) is 0.333. The van der Waals surface area contributed by atoms with Crippen LogP contribution in [0.2, 0.25) is 0 Å². The largest absolute Gasteiger partial charge is 0.207 e. The molecule has 0 atom stereocenters. The van der Waals surface area contributed by atoms with Crippen molar-refractivity contribution in [1.29, 1.82) is 0 Å². The van der Waals surface area contributed by atoms with Gasteiger partial charge in [-0.25, -0.2) is 4.39 Å². The fourth-order valence-corrected chi connectivity index (χ4v) is 1.32. The first-order valence-corrected chi connectivity index (χ1v) is 4.72. The van der Waals surface area contributed by atoms with Gasteiger partial charge in [0.25, 0.3) is 0 Å². The number of hydrogen-bond donors (Lipinski definition) is 0. The minimum atomic E-state index is -0.140. The van der Waals surface area contributed by atoms with Crippen molar-refractivity contribution in [3.8, 4) is 0 Å². The van der Waals surface area contributed by atoms with E-state index < -0.39 is 0 Å². The molecule has 0 saturated heterocycles. The maximum Gasteiger partial charge on any atom is 0.123 e. The normalized spacial score (nSPS) is 10.1. The molecular formula is C9H10BrF. The van der Waals surface area contributed by atoms with Gasteiger partial charge >= 0.3 is 0 Å². The van der Waals surface area contributed by atoms with Crippen LogP contribution in [0.4, 0.5) is 4.39 Å². The van der Waals surface area contributed by atoms with Gasteiger partial charge in [0.1, 0.15) is 5.82 Å². The summed E-state index contributed by atoms with van der Waals surface area (Å²) >= 11 is 3.29. The Kier molecular flexibility index (Phi) is 3.06. The van der Waals surface area contributed by atoms with E-state index in [0.717, 1.165) is 22.9 Å². The van der Waals surface area contributed by atoms with Crippen molar-refractivity contribution in [2.45, 2.75) is 18.7 Å². The summed E-state index contributed by atoms with van der Waals surface area (Å²) < 4.78 is 12.8. The molecule has 11 heavy (non-hydrogen) atoms. The molecule has 0 fully saturated rings. The molecule has 2 heteroatoms. The highest BCUT2D eigenvalue weighted by Gasteiger charge is 1.97. The Balaban J connectivity index is 3.02. The fourth-order valence-electron chi connectivity index (χ4n) is 0.999. The molecule has 0 bridgehead atoms. The lowest BCUT2D eigenvalue weighted by Gasteiger charge is -2.00. The lowest BCUT2D eigenvalue weighted by molar-refractivity contribution is 0.624. The Bertz CT molecular complexity index is 223. The van der Waals surface area contributed by atoms with E-state index >= 15 is 0 Å². The molecule has 0 spiro atoms. The third kappa shape index (κ3) is 2.29. The topological polar surface area (TPSA) is 0 Å². The average molecular weight is 217 g/mol. The molecule has 0 aliphatic carbocycles. The summed E-state index contributed by atoms with van der Waals surface area (Å²) in [6.07, 6.45) is 0.887. The summed E-state index contributed by atoms with van der Waals surface area (Å²) in [5, 5.41) is 0.720. The minimum Gasteiger partial charge on any atom is -0.207 e. The zero-order valence-corrected chi connectivity index (χ0v) is 7.99. The maximum absolute atomic E-state index is 12.8. The molecule has 0 aliphatic heterocycles. The Morgan fingerprint density at radius 2 is 1.91 bits per heavy atom. The summed E-state index contributed by atoms with van der Waals surface area (Å²) in [6.45, 7) is 2.02. The molecule has 0 radical (unpaired) electrons. The van der Waals surface area contributed by atoms with Crippen LogP contribution in [-0.2, 0) is 11.8 Å². The van der Waals surface area contributed by atoms with E-state index in [1.54, 1.807) is 12.1 Å². The number of hydrogen-bond acceptors (Lipinski definition) is 0. The predicted octanol–water partition coefficient (Wildman–Crippen LogP) is 3.28. The van der Waals surface area contributed by atoms with Crippen molar-refractivity contribution in [2.24, 2.45) is 0 Å². The van der Waals surface area contributed by atoms with Gasteiger partial charge in [-0.1, -0.05) is 28.9 Å². The van der Waals surface area contributed by atoms with Crippen LogP contribution in [-0.4, -0.2) is 0 Å². The zero-order chi connectivity index (χ0) is 8.27. The first-order chi connectivity index (χ1) is 5.26. The molecule has 0 amide bonds. The van der Waals surface area contributed by atoms with Crippen molar-refractivity contribution in [1.82, 2.24) is 0 Å². The van der Waals surface area contributed by atoms with E-state index in [1.807, 2.05) is 13.0 Å². The highest BCUT2D eigenvalue weighted by Crippen LogP contribution is 2.12. The van der Waals surface area contributed by atoms with Gasteiger partial charge in [0, 0.05) is 5.33 Å². The lowest BCUT2D eigenvalue weighted by atomic mass is 10.1. The molecule has 60 valence electrons. The monoisotopic (exact) mass is 216 g/mol. The standard InChI is InChI=1S/C9H10BrF/c1-2-7-3-8(6-10)5-9(11)4-7/h3-5H,2,6H2,1H3. The molecule has 1 aromatic rings. The number of rotatable bonds is 2. The maximum atomic E-state index is 12.8. The second kappa shape index (κ2) is 3.86. The molecule has 1 rings (SSSR count). The van der Waals surface area contributed by atoms with E-state index in [4.69, 9.17) is 0 Å². The Hall–Kier alpha value is -0.370. The van der Waals surface area contributed by atoms with Crippen LogP contribution >= 0.6 is 15.9 Å². The lowest BCUT2D eigenvalue weighted by Crippen LogP contribution is -1.86. The van der Waals surface area contributed by atoms with Gasteiger partial charge in [-0.2, -0.15) is 0 Å². The molecule has 0 heterocycles. The number of benzene rings is 1. The van der Waals surface area contributed by atoms with Crippen LogP contribution in [0.5, 0.6) is 0 Å². The van der Waals surface area contributed by atoms with Gasteiger partial charge < -0.3 is 0 Å². The summed E-state index contributed by atoms with van der Waals surface area (Å²) in [6, 6.07) is 5.14. The van der Waals surface area contributed by atoms with Crippen molar-refractivity contribution >= 4 is 15.9 Å². The Morgan fingerprint density at radius 1 is 1.27 bits per heavy atom. The molecule has 0 unspecified atom stereocenters. The van der Waals surface area contributed by atoms with Crippen molar-refractivity contribution in [3.63, 3.8) is 0 Å². The van der Waals surface area contributed by atoms with E-state index in [1.165, 1.54) is 0 Å². The summed E-state index contributed by atoms with van der Waals surface area (Å²) in [5.41, 5.74) is 2.06. The molecule has 0 N–H and O–H groups in total. The van der Waals surface area contributed by atoms with Crippen LogP contribution in [0, 0.1) is 5.82 Å². The van der Waals surface area contributed by atoms with Gasteiger partial charge in [0.2, 0.25) is 0 Å². The third-order valence-electron chi connectivity index (χ3n) is 1.58. The minimum absolute atomic E-state index is 0.140. The van der Waals surface area contributed by atoms with Crippen LogP contribution < -0.4 is 0 Å². The summed E-state index contributed by atoms with van der Waals surface area (Å²) in [5.74, 6) is -0.140. The highest BCUT2D eigenvalue weighted by atomic mass is 79.9. The Labute approximate surface area is 74.6 Å². The molecule has 0 aromatic heterocycles. The van der Waals surface area contributed by atoms with Gasteiger partial charge in [0.15, 0.2) is 0 Å². The smallest absolute Gasteiger partial charge is 0.123 e. The summed E-state index contributed by atoms with van der Waals surface area (Å²) in [7, 11) is 0. The van der Waals surface area contributed by atoms with Crippen LogP contribution in [0.25, 0.3) is 0 Å². The van der Waals surface area contributed by atoms with Crippen LogP contribution in [0.1, 0.15) is 18.1 Å². The Morgan fingerprint density at radius 3 is 2.45 bits per heavy atom. The van der Waals surface area contributed by atoms with E-state index in [-0.39, 0.29) is 5.82 Å². The average Bonchev–Trinajstić information content (AvgIpc) is 2.03. The van der Waals surface area contributed by atoms with Gasteiger partial charge in [-0.3, -0.25) is 0 Å². The van der Waals surface area contributed by atoms with E-state index in [2.05, 4.69) is 15.9 Å². The molecular weight excluding hydrogens is 207 g/mol. The third-order valence-corrected chi connectivity index (χ3v) is 2.23. The second-order valence-corrected chi connectivity index (χ2v) is 3.02. The highest BCUT2D eigenvalue weighted by molar-refractivity contribution is 9.08. The number of halogens is 2.